The number of rotatable bonds is 7. The summed E-state index contributed by atoms with van der Waals surface area (Å²) < 4.78 is 7.60. The van der Waals surface area contributed by atoms with Crippen molar-refractivity contribution in [1.29, 1.82) is 0 Å². The lowest BCUT2D eigenvalue weighted by Crippen LogP contribution is -2.47. The van der Waals surface area contributed by atoms with Crippen LogP contribution in [-0.2, 0) is 18.3 Å². The molecule has 0 radical (unpaired) electrons. The third-order valence-corrected chi connectivity index (χ3v) is 5.49. The monoisotopic (exact) mass is 403 g/mol. The molecule has 0 fully saturated rings. The van der Waals surface area contributed by atoms with E-state index in [0.29, 0.717) is 17.3 Å². The second-order valence-corrected chi connectivity index (χ2v) is 8.35. The first-order valence-corrected chi connectivity index (χ1v) is 9.83. The Morgan fingerprint density at radius 3 is 2.67 bits per heavy atom. The Bertz CT molecular complexity index is 915. The number of halogens is 1. The molecule has 0 aliphatic rings. The van der Waals surface area contributed by atoms with Crippen molar-refractivity contribution in [3.63, 3.8) is 0 Å². The van der Waals surface area contributed by atoms with Crippen molar-refractivity contribution in [2.24, 2.45) is 7.05 Å². The van der Waals surface area contributed by atoms with Crippen molar-refractivity contribution in [1.82, 2.24) is 15.1 Å². The van der Waals surface area contributed by atoms with E-state index in [1.165, 1.54) is 9.75 Å². The maximum atomic E-state index is 12.5. The summed E-state index contributed by atoms with van der Waals surface area (Å²) >= 11 is 7.59. The average Bonchev–Trinajstić information content (AvgIpc) is 3.25. The first kappa shape index (κ1) is 19.5. The Kier molecular flexibility index (Phi) is 5.87. The zero-order chi connectivity index (χ0) is 19.4. The normalized spacial score (nSPS) is 11.4. The van der Waals surface area contributed by atoms with Crippen LogP contribution >= 0.6 is 22.9 Å². The van der Waals surface area contributed by atoms with Gasteiger partial charge in [0.1, 0.15) is 5.75 Å². The van der Waals surface area contributed by atoms with Crippen LogP contribution in [0.15, 0.2) is 48.8 Å². The quantitative estimate of drug-likeness (QED) is 0.639. The third-order valence-electron chi connectivity index (χ3n) is 4.04. The van der Waals surface area contributed by atoms with Gasteiger partial charge in [0, 0.05) is 40.1 Å². The van der Waals surface area contributed by atoms with Crippen molar-refractivity contribution >= 4 is 28.8 Å². The van der Waals surface area contributed by atoms with Gasteiger partial charge in [-0.3, -0.25) is 9.48 Å². The molecule has 0 aliphatic carbocycles. The fraction of sp³-hybridized carbons (Fsp3) is 0.300. The van der Waals surface area contributed by atoms with Crippen molar-refractivity contribution in [3.05, 3.63) is 58.7 Å². The van der Waals surface area contributed by atoms with E-state index in [0.717, 1.165) is 12.0 Å². The lowest BCUT2D eigenvalue weighted by atomic mass is 10.1. The molecule has 0 atom stereocenters. The van der Waals surface area contributed by atoms with E-state index in [4.69, 9.17) is 16.3 Å². The van der Waals surface area contributed by atoms with E-state index in [2.05, 4.69) is 22.5 Å². The number of aromatic nitrogens is 2. The van der Waals surface area contributed by atoms with Crippen LogP contribution in [0.3, 0.4) is 0 Å². The molecular weight excluding hydrogens is 382 g/mol. The van der Waals surface area contributed by atoms with Gasteiger partial charge >= 0.3 is 0 Å². The third kappa shape index (κ3) is 5.11. The molecule has 0 aliphatic heterocycles. The van der Waals surface area contributed by atoms with Gasteiger partial charge in [-0.15, -0.1) is 11.3 Å². The van der Waals surface area contributed by atoms with Gasteiger partial charge in [0.15, 0.2) is 5.60 Å². The predicted molar refractivity (Wildman–Crippen MR) is 109 cm³/mol. The molecule has 7 heteroatoms. The molecule has 3 rings (SSSR count). The maximum Gasteiger partial charge on any atom is 0.263 e. The Morgan fingerprint density at radius 1 is 1.26 bits per heavy atom. The Hall–Kier alpha value is -2.31. The number of nitrogens with zero attached hydrogens (tertiary/aromatic N) is 2. The Balaban J connectivity index is 1.51. The summed E-state index contributed by atoms with van der Waals surface area (Å²) in [5.74, 6) is 0.459. The lowest BCUT2D eigenvalue weighted by Gasteiger charge is -2.25. The summed E-state index contributed by atoms with van der Waals surface area (Å²) in [4.78, 5) is 14.9. The second kappa shape index (κ2) is 8.15. The van der Waals surface area contributed by atoms with Gasteiger partial charge in [0.25, 0.3) is 5.91 Å². The van der Waals surface area contributed by atoms with Gasteiger partial charge in [-0.1, -0.05) is 11.6 Å². The van der Waals surface area contributed by atoms with Gasteiger partial charge in [-0.2, -0.15) is 5.10 Å². The van der Waals surface area contributed by atoms with E-state index in [1.54, 1.807) is 54.1 Å². The van der Waals surface area contributed by atoms with Crippen molar-refractivity contribution in [3.8, 4) is 16.2 Å². The highest BCUT2D eigenvalue weighted by atomic mass is 35.5. The SMILES string of the molecule is Cn1cc(-c2ccc(CCNC(=O)C(C)(C)Oc3ccc(Cl)cc3)s2)cn1. The number of thiophene rings is 1. The zero-order valence-corrected chi connectivity index (χ0v) is 17.1. The number of carbonyl (C=O) groups excluding carboxylic acids is 1. The molecule has 0 spiro atoms. The lowest BCUT2D eigenvalue weighted by molar-refractivity contribution is -0.134. The highest BCUT2D eigenvalue weighted by Crippen LogP contribution is 2.27. The number of carbonyl (C=O) groups is 1. The number of nitrogens with one attached hydrogen (secondary N) is 1. The molecule has 0 saturated carbocycles. The van der Waals surface area contributed by atoms with Crippen LogP contribution in [0.5, 0.6) is 5.75 Å². The van der Waals surface area contributed by atoms with E-state index < -0.39 is 5.60 Å². The molecule has 2 heterocycles. The largest absolute Gasteiger partial charge is 0.478 e. The van der Waals surface area contributed by atoms with Crippen LogP contribution < -0.4 is 10.1 Å². The smallest absolute Gasteiger partial charge is 0.263 e. The topological polar surface area (TPSA) is 56.2 Å². The van der Waals surface area contributed by atoms with Gasteiger partial charge in [-0.25, -0.2) is 0 Å². The first-order valence-electron chi connectivity index (χ1n) is 8.64. The number of hydrogen-bond donors (Lipinski definition) is 1. The zero-order valence-electron chi connectivity index (χ0n) is 15.5. The van der Waals surface area contributed by atoms with E-state index >= 15 is 0 Å². The van der Waals surface area contributed by atoms with Crippen molar-refractivity contribution in [2.75, 3.05) is 6.54 Å². The Labute approximate surface area is 167 Å². The van der Waals surface area contributed by atoms with E-state index in [1.807, 2.05) is 19.4 Å². The predicted octanol–water partition coefficient (Wildman–Crippen LogP) is 4.32. The molecule has 0 saturated heterocycles. The molecule has 142 valence electrons. The highest BCUT2D eigenvalue weighted by molar-refractivity contribution is 7.15. The molecule has 1 aromatic carbocycles. The summed E-state index contributed by atoms with van der Waals surface area (Å²) in [7, 11) is 1.90. The van der Waals surface area contributed by atoms with Gasteiger partial charge in [0.05, 0.1) is 6.20 Å². The average molecular weight is 404 g/mol. The van der Waals surface area contributed by atoms with Gasteiger partial charge < -0.3 is 10.1 Å². The van der Waals surface area contributed by atoms with Gasteiger partial charge in [-0.05, 0) is 56.7 Å². The fourth-order valence-electron chi connectivity index (χ4n) is 2.57. The summed E-state index contributed by atoms with van der Waals surface area (Å²) in [5, 5.41) is 7.79. The Morgan fingerprint density at radius 2 is 2.00 bits per heavy atom. The van der Waals surface area contributed by atoms with Crippen molar-refractivity contribution < 1.29 is 9.53 Å². The summed E-state index contributed by atoms with van der Waals surface area (Å²) in [5.41, 5.74) is 0.139. The van der Waals surface area contributed by atoms with Crippen LogP contribution in [0.2, 0.25) is 5.02 Å². The molecule has 1 amide bonds. The molecular formula is C20H22ClN3O2S. The minimum absolute atomic E-state index is 0.151. The van der Waals surface area contributed by atoms with Gasteiger partial charge in [0.2, 0.25) is 0 Å². The van der Waals surface area contributed by atoms with Crippen LogP contribution in [0, 0.1) is 0 Å². The van der Waals surface area contributed by atoms with Crippen LogP contribution in [0.1, 0.15) is 18.7 Å². The summed E-state index contributed by atoms with van der Waals surface area (Å²) in [6.07, 6.45) is 4.62. The standard InChI is InChI=1S/C20H22ClN3O2S/c1-20(2,26-16-6-4-15(21)5-7-16)19(25)22-11-10-17-8-9-18(27-17)14-12-23-24(3)13-14/h4-9,12-13H,10-11H2,1-3H3,(H,22,25). The molecule has 1 N–H and O–H groups in total. The molecule has 3 aromatic rings. The number of aryl methyl sites for hydroxylation is 1. The van der Waals surface area contributed by atoms with Crippen LogP contribution in [-0.4, -0.2) is 27.8 Å². The molecule has 5 nitrogen and oxygen atoms in total. The molecule has 0 bridgehead atoms. The molecule has 0 unspecified atom stereocenters. The summed E-state index contributed by atoms with van der Waals surface area (Å²) in [6.45, 7) is 4.06. The van der Waals surface area contributed by atoms with Crippen molar-refractivity contribution in [2.45, 2.75) is 25.9 Å². The number of amides is 1. The highest BCUT2D eigenvalue weighted by Gasteiger charge is 2.29. The number of benzene rings is 1. The van der Waals surface area contributed by atoms with E-state index in [9.17, 15) is 4.79 Å². The fourth-order valence-corrected chi connectivity index (χ4v) is 3.68. The minimum Gasteiger partial charge on any atom is -0.478 e. The van der Waals surface area contributed by atoms with Crippen LogP contribution in [0.4, 0.5) is 0 Å². The second-order valence-electron chi connectivity index (χ2n) is 6.74. The van der Waals surface area contributed by atoms with E-state index in [-0.39, 0.29) is 5.91 Å². The maximum absolute atomic E-state index is 12.5. The number of hydrogen-bond acceptors (Lipinski definition) is 4. The number of ether oxygens (including phenoxy) is 1. The summed E-state index contributed by atoms with van der Waals surface area (Å²) in [6, 6.07) is 11.2. The van der Waals surface area contributed by atoms with Crippen LogP contribution in [0.25, 0.3) is 10.4 Å². The molecule has 2 aromatic heterocycles. The first-order chi connectivity index (χ1) is 12.8. The molecule has 27 heavy (non-hydrogen) atoms. The minimum atomic E-state index is -0.968.